The third-order valence-corrected chi connectivity index (χ3v) is 2.26. The number of benzene rings is 1. The van der Waals surface area contributed by atoms with Gasteiger partial charge in [-0.3, -0.25) is 10.1 Å². The number of carbonyl (C=O) groups is 1. The Balaban J connectivity index is 2.31. The van der Waals surface area contributed by atoms with E-state index in [0.717, 1.165) is 12.1 Å². The van der Waals surface area contributed by atoms with E-state index in [1.807, 2.05) is 0 Å². The van der Waals surface area contributed by atoms with E-state index in [-0.39, 0.29) is 6.54 Å². The van der Waals surface area contributed by atoms with Crippen LogP contribution in [-0.4, -0.2) is 12.5 Å². The molecule has 1 N–H and O–H groups in total. The van der Waals surface area contributed by atoms with Gasteiger partial charge in [-0.1, -0.05) is 0 Å². The maximum atomic E-state index is 12.4. The van der Waals surface area contributed by atoms with E-state index in [1.54, 1.807) is 0 Å². The molecule has 0 amide bonds. The van der Waals surface area contributed by atoms with Gasteiger partial charge in [-0.2, -0.15) is 13.2 Å². The van der Waals surface area contributed by atoms with Gasteiger partial charge in [0.2, 0.25) is 6.23 Å². The molecule has 6 heteroatoms. The van der Waals surface area contributed by atoms with Crippen molar-refractivity contribution in [3.63, 3.8) is 0 Å². The highest BCUT2D eigenvalue weighted by molar-refractivity contribution is 5.57. The van der Waals surface area contributed by atoms with Gasteiger partial charge in [-0.05, 0) is 18.2 Å². The monoisotopic (exact) mass is 231 g/mol. The smallest absolute Gasteiger partial charge is 0.416 e. The molecule has 0 saturated carbocycles. The van der Waals surface area contributed by atoms with Crippen LogP contribution in [0, 0.1) is 0 Å². The quantitative estimate of drug-likeness (QED) is 0.748. The highest BCUT2D eigenvalue weighted by Crippen LogP contribution is 2.33. The van der Waals surface area contributed by atoms with Crippen molar-refractivity contribution < 1.29 is 22.7 Å². The summed E-state index contributed by atoms with van der Waals surface area (Å²) in [5, 5.41) is 2.65. The fraction of sp³-hybridized carbons (Fsp3) is 0.300. The fourth-order valence-corrected chi connectivity index (χ4v) is 1.47. The van der Waals surface area contributed by atoms with Crippen molar-refractivity contribution in [3.8, 4) is 5.75 Å². The Morgan fingerprint density at radius 2 is 2.19 bits per heavy atom. The van der Waals surface area contributed by atoms with Gasteiger partial charge in [-0.15, -0.1) is 0 Å². The lowest BCUT2D eigenvalue weighted by molar-refractivity contribution is -0.137. The maximum Gasteiger partial charge on any atom is 0.416 e. The zero-order valence-electron chi connectivity index (χ0n) is 8.04. The van der Waals surface area contributed by atoms with Crippen molar-refractivity contribution in [2.24, 2.45) is 0 Å². The van der Waals surface area contributed by atoms with E-state index in [2.05, 4.69) is 5.32 Å². The number of hydrogen-bond donors (Lipinski definition) is 1. The summed E-state index contributed by atoms with van der Waals surface area (Å²) in [6.07, 6.45) is -4.60. The van der Waals surface area contributed by atoms with Gasteiger partial charge in [-0.25, -0.2) is 0 Å². The minimum atomic E-state index is -4.36. The van der Waals surface area contributed by atoms with E-state index in [4.69, 9.17) is 4.74 Å². The fourth-order valence-electron chi connectivity index (χ4n) is 1.47. The summed E-state index contributed by atoms with van der Waals surface area (Å²) in [7, 11) is 0. The molecule has 1 aliphatic rings. The van der Waals surface area contributed by atoms with Gasteiger partial charge in [0.05, 0.1) is 5.56 Å². The average Bonchev–Trinajstić information content (AvgIpc) is 2.26. The number of fused-ring (bicyclic) bond motifs is 1. The minimum Gasteiger partial charge on any atom is -0.468 e. The SMILES string of the molecule is O=C[C@H]1NCc2cc(C(F)(F)F)ccc2O1. The first-order valence-corrected chi connectivity index (χ1v) is 4.56. The number of alkyl halides is 3. The van der Waals surface area contributed by atoms with E-state index >= 15 is 0 Å². The standard InChI is InChI=1S/C10H8F3NO2/c11-10(12,13)7-1-2-8-6(3-7)4-14-9(5-15)16-8/h1-3,5,9,14H,4H2/t9-/m0/s1. The van der Waals surface area contributed by atoms with Gasteiger partial charge in [0.15, 0.2) is 6.29 Å². The number of nitrogens with one attached hydrogen (secondary N) is 1. The van der Waals surface area contributed by atoms with Crippen molar-refractivity contribution in [2.75, 3.05) is 0 Å². The second kappa shape index (κ2) is 3.79. The predicted molar refractivity (Wildman–Crippen MR) is 48.8 cm³/mol. The Bertz CT molecular complexity index is 417. The number of aldehydes is 1. The average molecular weight is 231 g/mol. The Morgan fingerprint density at radius 1 is 1.44 bits per heavy atom. The van der Waals surface area contributed by atoms with Crippen LogP contribution in [0.3, 0.4) is 0 Å². The molecule has 2 rings (SSSR count). The largest absolute Gasteiger partial charge is 0.468 e. The second-order valence-corrected chi connectivity index (χ2v) is 3.38. The molecule has 0 bridgehead atoms. The molecule has 0 saturated heterocycles. The molecule has 16 heavy (non-hydrogen) atoms. The lowest BCUT2D eigenvalue weighted by atomic mass is 10.1. The van der Waals surface area contributed by atoms with Crippen molar-refractivity contribution >= 4 is 6.29 Å². The Hall–Kier alpha value is -1.56. The molecule has 86 valence electrons. The van der Waals surface area contributed by atoms with Crippen molar-refractivity contribution in [2.45, 2.75) is 18.9 Å². The molecular weight excluding hydrogens is 223 g/mol. The molecule has 1 aliphatic heterocycles. The van der Waals surface area contributed by atoms with Gasteiger partial charge in [0.25, 0.3) is 0 Å². The summed E-state index contributed by atoms with van der Waals surface area (Å²) in [5.41, 5.74) is -0.325. The summed E-state index contributed by atoms with van der Waals surface area (Å²) in [5.74, 6) is 0.309. The van der Waals surface area contributed by atoms with Crippen molar-refractivity contribution in [1.29, 1.82) is 0 Å². The van der Waals surface area contributed by atoms with Crippen LogP contribution in [0.15, 0.2) is 18.2 Å². The summed E-state index contributed by atoms with van der Waals surface area (Å²) >= 11 is 0. The number of halogens is 3. The van der Waals surface area contributed by atoms with E-state index in [1.165, 1.54) is 6.07 Å². The highest BCUT2D eigenvalue weighted by atomic mass is 19.4. The zero-order valence-corrected chi connectivity index (χ0v) is 8.04. The van der Waals surface area contributed by atoms with Crippen LogP contribution in [0.2, 0.25) is 0 Å². The number of ether oxygens (including phenoxy) is 1. The molecule has 0 fully saturated rings. The van der Waals surface area contributed by atoms with Crippen LogP contribution in [-0.2, 0) is 17.5 Å². The van der Waals surface area contributed by atoms with E-state index < -0.39 is 18.0 Å². The third kappa shape index (κ3) is 2.01. The van der Waals surface area contributed by atoms with Crippen molar-refractivity contribution in [3.05, 3.63) is 29.3 Å². The van der Waals surface area contributed by atoms with Crippen molar-refractivity contribution in [1.82, 2.24) is 5.32 Å². The van der Waals surface area contributed by atoms with Gasteiger partial charge in [0, 0.05) is 12.1 Å². The summed E-state index contributed by atoms with van der Waals surface area (Å²) in [4.78, 5) is 10.4. The Kier molecular flexibility index (Phi) is 2.59. The lowest BCUT2D eigenvalue weighted by Crippen LogP contribution is -2.39. The summed E-state index contributed by atoms with van der Waals surface area (Å²) in [6, 6.07) is 3.19. The number of rotatable bonds is 1. The van der Waals surface area contributed by atoms with Gasteiger partial charge >= 0.3 is 6.18 Å². The van der Waals surface area contributed by atoms with Crippen LogP contribution in [0.5, 0.6) is 5.75 Å². The molecule has 0 spiro atoms. The summed E-state index contributed by atoms with van der Waals surface area (Å²) in [6.45, 7) is 0.183. The first-order chi connectivity index (χ1) is 7.50. The second-order valence-electron chi connectivity index (χ2n) is 3.38. The van der Waals surface area contributed by atoms with E-state index in [9.17, 15) is 18.0 Å². The minimum absolute atomic E-state index is 0.183. The molecule has 1 aromatic rings. The topological polar surface area (TPSA) is 38.3 Å². The van der Waals surface area contributed by atoms with Gasteiger partial charge < -0.3 is 4.74 Å². The first-order valence-electron chi connectivity index (χ1n) is 4.56. The molecule has 0 unspecified atom stereocenters. The van der Waals surface area contributed by atoms with Crippen LogP contribution in [0.25, 0.3) is 0 Å². The highest BCUT2D eigenvalue weighted by Gasteiger charge is 2.32. The predicted octanol–water partition coefficient (Wildman–Crippen LogP) is 1.71. The number of carbonyl (C=O) groups excluding carboxylic acids is 1. The molecule has 1 heterocycles. The zero-order chi connectivity index (χ0) is 11.8. The molecule has 0 aromatic heterocycles. The maximum absolute atomic E-state index is 12.4. The van der Waals surface area contributed by atoms with Crippen LogP contribution in [0.4, 0.5) is 13.2 Å². The Morgan fingerprint density at radius 3 is 2.81 bits per heavy atom. The summed E-state index contributed by atoms with van der Waals surface area (Å²) < 4.78 is 42.3. The molecular formula is C10H8F3NO2. The molecule has 1 atom stereocenters. The molecule has 1 aromatic carbocycles. The normalized spacial score (nSPS) is 19.8. The Labute approximate surface area is 89.2 Å². The number of hydrogen-bond acceptors (Lipinski definition) is 3. The van der Waals surface area contributed by atoms with Crippen LogP contribution in [0.1, 0.15) is 11.1 Å². The molecule has 0 radical (unpaired) electrons. The molecule has 0 aliphatic carbocycles. The van der Waals surface area contributed by atoms with Crippen LogP contribution >= 0.6 is 0 Å². The van der Waals surface area contributed by atoms with Crippen LogP contribution < -0.4 is 10.1 Å². The third-order valence-electron chi connectivity index (χ3n) is 2.26. The van der Waals surface area contributed by atoms with E-state index in [0.29, 0.717) is 17.6 Å². The first kappa shape index (κ1) is 10.9. The molecule has 3 nitrogen and oxygen atoms in total. The van der Waals surface area contributed by atoms with Gasteiger partial charge in [0.1, 0.15) is 5.75 Å². The lowest BCUT2D eigenvalue weighted by Gasteiger charge is -2.24.